The molecule has 0 unspecified atom stereocenters. The van der Waals surface area contributed by atoms with Crippen molar-refractivity contribution >= 4 is 39.3 Å². The molecule has 2 aromatic heterocycles. The number of thiazole rings is 1. The van der Waals surface area contributed by atoms with Gasteiger partial charge in [-0.15, -0.1) is 11.3 Å². The number of aromatic nitrogens is 3. The lowest BCUT2D eigenvalue weighted by Gasteiger charge is -2.07. The summed E-state index contributed by atoms with van der Waals surface area (Å²) in [6.07, 6.45) is 3.60. The minimum absolute atomic E-state index is 0.756. The van der Waals surface area contributed by atoms with Crippen molar-refractivity contribution in [2.24, 2.45) is 0 Å². The van der Waals surface area contributed by atoms with E-state index in [-0.39, 0.29) is 0 Å². The molecule has 0 spiro atoms. The van der Waals surface area contributed by atoms with Gasteiger partial charge in [0.15, 0.2) is 9.99 Å². The highest BCUT2D eigenvalue weighted by atomic mass is 32.2. The number of hydrogen-bond donors (Lipinski definition) is 2. The molecule has 112 valence electrons. The van der Waals surface area contributed by atoms with Crippen LogP contribution in [0.5, 0.6) is 0 Å². The number of fused-ring (bicyclic) bond motifs is 2. The molecule has 0 fully saturated rings. The lowest BCUT2D eigenvalue weighted by molar-refractivity contribution is 0.764. The van der Waals surface area contributed by atoms with Gasteiger partial charge in [0.1, 0.15) is 16.8 Å². The van der Waals surface area contributed by atoms with Crippen LogP contribution in [-0.4, -0.2) is 21.2 Å². The molecule has 1 aliphatic rings. The van der Waals surface area contributed by atoms with Gasteiger partial charge in [-0.05, 0) is 22.9 Å². The summed E-state index contributed by atoms with van der Waals surface area (Å²) < 4.78 is 2.04. The molecule has 0 saturated carbocycles. The van der Waals surface area contributed by atoms with Crippen molar-refractivity contribution in [3.05, 3.63) is 41.2 Å². The van der Waals surface area contributed by atoms with Crippen LogP contribution in [0.4, 0.5) is 5.82 Å². The SMILES string of the molecule is CSc1nc2ncnc(NCc3ccc4c(c3)CNC4)c2s1. The summed E-state index contributed by atoms with van der Waals surface area (Å²) in [6, 6.07) is 6.65. The maximum Gasteiger partial charge on any atom is 0.176 e. The fourth-order valence-corrected chi connectivity index (χ4v) is 4.07. The Morgan fingerprint density at radius 1 is 1.27 bits per heavy atom. The Balaban J connectivity index is 1.57. The summed E-state index contributed by atoms with van der Waals surface area (Å²) in [5.74, 6) is 0.862. The van der Waals surface area contributed by atoms with E-state index in [0.717, 1.165) is 40.1 Å². The second-order valence-electron chi connectivity index (χ2n) is 5.12. The van der Waals surface area contributed by atoms with E-state index in [0.29, 0.717) is 0 Å². The van der Waals surface area contributed by atoms with Gasteiger partial charge in [0.05, 0.1) is 0 Å². The summed E-state index contributed by atoms with van der Waals surface area (Å²) in [5, 5.41) is 6.79. The molecule has 1 aromatic carbocycles. The Labute approximate surface area is 136 Å². The van der Waals surface area contributed by atoms with Crippen molar-refractivity contribution in [2.45, 2.75) is 24.0 Å². The number of nitrogens with one attached hydrogen (secondary N) is 2. The van der Waals surface area contributed by atoms with E-state index >= 15 is 0 Å². The average molecular weight is 329 g/mol. The first kappa shape index (κ1) is 13.9. The highest BCUT2D eigenvalue weighted by Crippen LogP contribution is 2.31. The van der Waals surface area contributed by atoms with Crippen LogP contribution >= 0.6 is 23.1 Å². The monoisotopic (exact) mass is 329 g/mol. The summed E-state index contributed by atoms with van der Waals surface area (Å²) >= 11 is 3.27. The zero-order valence-corrected chi connectivity index (χ0v) is 13.7. The molecule has 3 heterocycles. The summed E-state index contributed by atoms with van der Waals surface area (Å²) in [5.41, 5.74) is 4.84. The molecule has 0 bridgehead atoms. The van der Waals surface area contributed by atoms with Gasteiger partial charge in [0, 0.05) is 19.6 Å². The topological polar surface area (TPSA) is 62.7 Å². The molecule has 5 nitrogen and oxygen atoms in total. The van der Waals surface area contributed by atoms with Gasteiger partial charge in [-0.3, -0.25) is 0 Å². The van der Waals surface area contributed by atoms with Gasteiger partial charge in [0.2, 0.25) is 0 Å². The molecule has 7 heteroatoms. The summed E-state index contributed by atoms with van der Waals surface area (Å²) in [6.45, 7) is 2.70. The Morgan fingerprint density at radius 2 is 2.18 bits per heavy atom. The first-order chi connectivity index (χ1) is 10.8. The van der Waals surface area contributed by atoms with E-state index in [1.807, 2.05) is 6.26 Å². The number of benzene rings is 1. The molecular formula is C15H15N5S2. The molecule has 2 N–H and O–H groups in total. The first-order valence-corrected chi connectivity index (χ1v) is 9.08. The predicted octanol–water partition coefficient (Wildman–Crippen LogP) is 3.02. The lowest BCUT2D eigenvalue weighted by Crippen LogP contribution is -2.02. The molecule has 3 aromatic rings. The van der Waals surface area contributed by atoms with Gasteiger partial charge >= 0.3 is 0 Å². The third-order valence-electron chi connectivity index (χ3n) is 3.71. The normalized spacial score (nSPS) is 13.5. The minimum Gasteiger partial charge on any atom is -0.365 e. The van der Waals surface area contributed by atoms with Crippen LogP contribution in [-0.2, 0) is 19.6 Å². The van der Waals surface area contributed by atoms with Gasteiger partial charge in [0.25, 0.3) is 0 Å². The second kappa shape index (κ2) is 5.83. The van der Waals surface area contributed by atoms with E-state index in [2.05, 4.69) is 43.8 Å². The third kappa shape index (κ3) is 2.55. The van der Waals surface area contributed by atoms with Crippen molar-refractivity contribution < 1.29 is 0 Å². The van der Waals surface area contributed by atoms with E-state index in [1.54, 1.807) is 29.4 Å². The molecule has 0 aliphatic carbocycles. The quantitative estimate of drug-likeness (QED) is 0.718. The van der Waals surface area contributed by atoms with E-state index in [4.69, 9.17) is 0 Å². The summed E-state index contributed by atoms with van der Waals surface area (Å²) in [7, 11) is 0. The van der Waals surface area contributed by atoms with Gasteiger partial charge < -0.3 is 10.6 Å². The van der Waals surface area contributed by atoms with Crippen LogP contribution in [0, 0.1) is 0 Å². The highest BCUT2D eigenvalue weighted by Gasteiger charge is 2.12. The number of hydrogen-bond acceptors (Lipinski definition) is 7. The van der Waals surface area contributed by atoms with Gasteiger partial charge in [-0.25, -0.2) is 15.0 Å². The van der Waals surface area contributed by atoms with Crippen LogP contribution in [0.2, 0.25) is 0 Å². The average Bonchev–Trinajstić information content (AvgIpc) is 3.18. The molecular weight excluding hydrogens is 314 g/mol. The Kier molecular flexibility index (Phi) is 3.69. The minimum atomic E-state index is 0.756. The van der Waals surface area contributed by atoms with Crippen molar-refractivity contribution in [1.82, 2.24) is 20.3 Å². The molecule has 0 amide bonds. The van der Waals surface area contributed by atoms with E-state index in [1.165, 1.54) is 16.7 Å². The number of rotatable bonds is 4. The molecule has 0 radical (unpaired) electrons. The zero-order valence-electron chi connectivity index (χ0n) is 12.1. The Morgan fingerprint density at radius 3 is 3.09 bits per heavy atom. The van der Waals surface area contributed by atoms with Crippen LogP contribution < -0.4 is 10.6 Å². The van der Waals surface area contributed by atoms with Crippen molar-refractivity contribution in [3.63, 3.8) is 0 Å². The predicted molar refractivity (Wildman–Crippen MR) is 91.3 cm³/mol. The molecule has 1 aliphatic heterocycles. The van der Waals surface area contributed by atoms with Crippen LogP contribution in [0.3, 0.4) is 0 Å². The standard InChI is InChI=1S/C15H15N5S2/c1-21-15-20-14-12(22-15)13(18-8-19-14)17-5-9-2-3-10-6-16-7-11(10)4-9/h2-4,8,16H,5-7H2,1H3,(H,17,18,19). The molecule has 22 heavy (non-hydrogen) atoms. The van der Waals surface area contributed by atoms with E-state index in [9.17, 15) is 0 Å². The fourth-order valence-electron chi connectivity index (χ4n) is 2.59. The number of anilines is 1. The lowest BCUT2D eigenvalue weighted by atomic mass is 10.1. The molecule has 4 rings (SSSR count). The smallest absolute Gasteiger partial charge is 0.176 e. The number of nitrogens with zero attached hydrogens (tertiary/aromatic N) is 3. The molecule has 0 atom stereocenters. The van der Waals surface area contributed by atoms with Crippen molar-refractivity contribution in [1.29, 1.82) is 0 Å². The highest BCUT2D eigenvalue weighted by molar-refractivity contribution is 8.00. The third-order valence-corrected chi connectivity index (χ3v) is 5.74. The zero-order chi connectivity index (χ0) is 14.9. The van der Waals surface area contributed by atoms with Gasteiger partial charge in [-0.2, -0.15) is 0 Å². The maximum atomic E-state index is 4.48. The van der Waals surface area contributed by atoms with Gasteiger partial charge in [-0.1, -0.05) is 30.0 Å². The van der Waals surface area contributed by atoms with E-state index < -0.39 is 0 Å². The molecule has 0 saturated heterocycles. The van der Waals surface area contributed by atoms with Crippen LogP contribution in [0.25, 0.3) is 10.3 Å². The van der Waals surface area contributed by atoms with Crippen molar-refractivity contribution in [3.8, 4) is 0 Å². The fraction of sp³-hybridized carbons (Fsp3) is 0.267. The Bertz CT molecular complexity index is 830. The van der Waals surface area contributed by atoms with Crippen molar-refractivity contribution in [2.75, 3.05) is 11.6 Å². The second-order valence-corrected chi connectivity index (χ2v) is 7.17. The Hall–Kier alpha value is -1.70. The van der Waals surface area contributed by atoms with Crippen LogP contribution in [0.15, 0.2) is 28.9 Å². The summed E-state index contributed by atoms with van der Waals surface area (Å²) in [4.78, 5) is 13.1. The maximum absolute atomic E-state index is 4.48. The first-order valence-electron chi connectivity index (χ1n) is 7.04. The largest absolute Gasteiger partial charge is 0.365 e. The van der Waals surface area contributed by atoms with Crippen LogP contribution in [0.1, 0.15) is 16.7 Å². The number of thioether (sulfide) groups is 1.